The molecule has 1 saturated carbocycles. The lowest BCUT2D eigenvalue weighted by atomic mass is 9.87. The smallest absolute Gasteiger partial charge is 0.204 e. The van der Waals surface area contributed by atoms with E-state index in [2.05, 4.69) is 19.6 Å². The van der Waals surface area contributed by atoms with Crippen LogP contribution in [0.25, 0.3) is 0 Å². The van der Waals surface area contributed by atoms with Gasteiger partial charge in [-0.1, -0.05) is 39.5 Å². The highest BCUT2D eigenvalue weighted by atomic mass is 16.1. The van der Waals surface area contributed by atoms with E-state index in [1.807, 2.05) is 0 Å². The molecule has 1 aliphatic carbocycles. The molecule has 2 unspecified atom stereocenters. The van der Waals surface area contributed by atoms with Crippen molar-refractivity contribution in [2.45, 2.75) is 65.2 Å². The van der Waals surface area contributed by atoms with Gasteiger partial charge in [0.25, 0.3) is 0 Å². The Balaban J connectivity index is 0.000000770. The molecule has 0 heterocycles. The van der Waals surface area contributed by atoms with E-state index in [0.717, 1.165) is 18.8 Å². The van der Waals surface area contributed by atoms with E-state index in [9.17, 15) is 4.79 Å². The quantitative estimate of drug-likeness (QED) is 0.726. The molecule has 0 aromatic rings. The number of carbonyl (C=O) groups is 2. The van der Waals surface area contributed by atoms with Crippen molar-refractivity contribution in [3.05, 3.63) is 0 Å². The fraction of sp³-hybridized carbons (Fsp3) is 0.857. The van der Waals surface area contributed by atoms with E-state index in [4.69, 9.17) is 4.79 Å². The normalized spacial score (nSPS) is 20.6. The molecule has 1 rings (SSSR count). The lowest BCUT2D eigenvalue weighted by Gasteiger charge is -2.17. The van der Waals surface area contributed by atoms with Crippen LogP contribution < -0.4 is 5.73 Å². The van der Waals surface area contributed by atoms with Crippen molar-refractivity contribution in [1.82, 2.24) is 0 Å². The number of carbonyl (C=O) groups excluding carboxylic acids is 2. The van der Waals surface area contributed by atoms with Crippen LogP contribution in [0.5, 0.6) is 0 Å². The van der Waals surface area contributed by atoms with Crippen molar-refractivity contribution >= 4 is 12.2 Å². The summed E-state index contributed by atoms with van der Waals surface area (Å²) in [6.45, 7) is 4.51. The number of hydrogen-bond acceptors (Lipinski definition) is 2. The summed E-state index contributed by atoms with van der Waals surface area (Å²) in [4.78, 5) is 20.1. The molecule has 0 radical (unpaired) electrons. The maximum absolute atomic E-state index is 11.5. The zero-order valence-electron chi connectivity index (χ0n) is 11.3. The minimum absolute atomic E-state index is 0.250. The summed E-state index contributed by atoms with van der Waals surface area (Å²) in [7, 11) is 0. The Morgan fingerprint density at radius 2 is 2.12 bits per heavy atom. The third kappa shape index (κ3) is 7.14. The third-order valence-corrected chi connectivity index (χ3v) is 3.59. The van der Waals surface area contributed by atoms with E-state index in [-0.39, 0.29) is 6.41 Å². The topological polar surface area (TPSA) is 60.2 Å². The van der Waals surface area contributed by atoms with Crippen LogP contribution in [0.3, 0.4) is 0 Å². The Labute approximate surface area is 105 Å². The van der Waals surface area contributed by atoms with Crippen molar-refractivity contribution < 1.29 is 9.59 Å². The summed E-state index contributed by atoms with van der Waals surface area (Å²) in [5.41, 5.74) is 4.17. The first kappa shape index (κ1) is 16.1. The number of ketones is 1. The number of amides is 1. The first-order chi connectivity index (χ1) is 8.19. The van der Waals surface area contributed by atoms with Gasteiger partial charge in [-0.3, -0.25) is 9.59 Å². The summed E-state index contributed by atoms with van der Waals surface area (Å²) in [6.07, 6.45) is 9.80. The first-order valence-corrected chi connectivity index (χ1v) is 6.87. The maximum Gasteiger partial charge on any atom is 0.204 e. The molecule has 0 bridgehead atoms. The van der Waals surface area contributed by atoms with Crippen molar-refractivity contribution in [3.63, 3.8) is 0 Å². The molecule has 100 valence electrons. The summed E-state index contributed by atoms with van der Waals surface area (Å²) in [6, 6.07) is 0. The average molecular weight is 241 g/mol. The second kappa shape index (κ2) is 10.3. The van der Waals surface area contributed by atoms with Crippen LogP contribution in [0.15, 0.2) is 0 Å². The van der Waals surface area contributed by atoms with Crippen LogP contribution in [0.2, 0.25) is 0 Å². The van der Waals surface area contributed by atoms with E-state index < -0.39 is 0 Å². The van der Waals surface area contributed by atoms with Crippen molar-refractivity contribution in [3.8, 4) is 0 Å². The Morgan fingerprint density at radius 3 is 2.53 bits per heavy atom. The van der Waals surface area contributed by atoms with Gasteiger partial charge in [-0.2, -0.15) is 0 Å². The second-order valence-corrected chi connectivity index (χ2v) is 4.84. The highest BCUT2D eigenvalue weighted by Crippen LogP contribution is 2.30. The standard InChI is InChI=1S/C13H24O.CH3NO/c1-3-5-7-11(4-2)10-12-8-6-9-13(12)14;2-1-3/h11-12H,3-10H2,1-2H3;1H,(H2,2,3). The van der Waals surface area contributed by atoms with Crippen LogP contribution in [-0.4, -0.2) is 12.2 Å². The number of rotatable bonds is 6. The fourth-order valence-corrected chi connectivity index (χ4v) is 2.52. The largest absolute Gasteiger partial charge is 0.372 e. The average Bonchev–Trinajstić information content (AvgIpc) is 2.71. The van der Waals surface area contributed by atoms with Crippen LogP contribution >= 0.6 is 0 Å². The highest BCUT2D eigenvalue weighted by molar-refractivity contribution is 5.82. The molecular formula is C14H27NO2. The fourth-order valence-electron chi connectivity index (χ4n) is 2.52. The van der Waals surface area contributed by atoms with Gasteiger partial charge >= 0.3 is 0 Å². The minimum atomic E-state index is 0.250. The molecule has 3 heteroatoms. The molecule has 0 aromatic heterocycles. The van der Waals surface area contributed by atoms with Crippen molar-refractivity contribution in [2.75, 3.05) is 0 Å². The summed E-state index contributed by atoms with van der Waals surface area (Å²) >= 11 is 0. The predicted octanol–water partition coefficient (Wildman–Crippen LogP) is 3.06. The van der Waals surface area contributed by atoms with Gasteiger partial charge in [0.1, 0.15) is 5.78 Å². The zero-order chi connectivity index (χ0) is 13.1. The summed E-state index contributed by atoms with van der Waals surface area (Å²) in [5, 5.41) is 0. The Bertz CT molecular complexity index is 216. The number of unbranched alkanes of at least 4 members (excludes halogenated alkanes) is 1. The monoisotopic (exact) mass is 241 g/mol. The third-order valence-electron chi connectivity index (χ3n) is 3.59. The van der Waals surface area contributed by atoms with Crippen molar-refractivity contribution in [1.29, 1.82) is 0 Å². The van der Waals surface area contributed by atoms with Gasteiger partial charge in [0, 0.05) is 12.3 Å². The van der Waals surface area contributed by atoms with Gasteiger partial charge in [0.15, 0.2) is 0 Å². The molecule has 0 aliphatic heterocycles. The molecule has 2 N–H and O–H groups in total. The molecule has 1 aliphatic rings. The molecule has 2 atom stereocenters. The van der Waals surface area contributed by atoms with E-state index >= 15 is 0 Å². The molecule has 17 heavy (non-hydrogen) atoms. The van der Waals surface area contributed by atoms with E-state index in [1.165, 1.54) is 38.5 Å². The first-order valence-electron chi connectivity index (χ1n) is 6.87. The molecule has 1 fully saturated rings. The van der Waals surface area contributed by atoms with Crippen LogP contribution in [0, 0.1) is 11.8 Å². The lowest BCUT2D eigenvalue weighted by Crippen LogP contribution is -2.12. The highest BCUT2D eigenvalue weighted by Gasteiger charge is 2.26. The Kier molecular flexibility index (Phi) is 9.78. The van der Waals surface area contributed by atoms with Crippen LogP contribution in [-0.2, 0) is 9.59 Å². The van der Waals surface area contributed by atoms with Gasteiger partial charge in [0.2, 0.25) is 6.41 Å². The minimum Gasteiger partial charge on any atom is -0.372 e. The lowest BCUT2D eigenvalue weighted by molar-refractivity contribution is -0.121. The van der Waals surface area contributed by atoms with Crippen molar-refractivity contribution in [2.24, 2.45) is 17.6 Å². The number of primary amides is 1. The predicted molar refractivity (Wildman–Crippen MR) is 70.5 cm³/mol. The van der Waals surface area contributed by atoms with E-state index in [0.29, 0.717) is 11.7 Å². The maximum atomic E-state index is 11.5. The number of Topliss-reactive ketones (excluding diaryl/α,β-unsaturated/α-hetero) is 1. The van der Waals surface area contributed by atoms with Crippen LogP contribution in [0.1, 0.15) is 65.2 Å². The Hall–Kier alpha value is -0.860. The zero-order valence-corrected chi connectivity index (χ0v) is 11.3. The molecule has 1 amide bonds. The second-order valence-electron chi connectivity index (χ2n) is 4.84. The van der Waals surface area contributed by atoms with Crippen LogP contribution in [0.4, 0.5) is 0 Å². The van der Waals surface area contributed by atoms with E-state index in [1.54, 1.807) is 0 Å². The molecular weight excluding hydrogens is 214 g/mol. The number of nitrogens with two attached hydrogens (primary N) is 1. The Morgan fingerprint density at radius 1 is 1.47 bits per heavy atom. The summed E-state index contributed by atoms with van der Waals surface area (Å²) in [5.74, 6) is 1.78. The molecule has 3 nitrogen and oxygen atoms in total. The molecule has 0 saturated heterocycles. The molecule has 0 aromatic carbocycles. The SMILES string of the molecule is CCCCC(CC)CC1CCCC1=O.NC=O. The molecule has 0 spiro atoms. The number of hydrogen-bond donors (Lipinski definition) is 1. The van der Waals surface area contributed by atoms with Gasteiger partial charge in [-0.15, -0.1) is 0 Å². The van der Waals surface area contributed by atoms with Gasteiger partial charge < -0.3 is 5.73 Å². The van der Waals surface area contributed by atoms with Gasteiger partial charge in [-0.25, -0.2) is 0 Å². The summed E-state index contributed by atoms with van der Waals surface area (Å²) < 4.78 is 0. The van der Waals surface area contributed by atoms with Gasteiger partial charge in [-0.05, 0) is 25.2 Å². The van der Waals surface area contributed by atoms with Gasteiger partial charge in [0.05, 0.1) is 0 Å².